The van der Waals surface area contributed by atoms with Gasteiger partial charge in [-0.05, 0) is 11.6 Å². The number of nitro groups is 1. The molecule has 1 heterocycles. The lowest BCUT2D eigenvalue weighted by Gasteiger charge is -2.04. The quantitative estimate of drug-likeness (QED) is 0.441. The van der Waals surface area contributed by atoms with Gasteiger partial charge in [-0.25, -0.2) is 4.98 Å². The molecule has 0 aliphatic rings. The number of amides is 1. The van der Waals surface area contributed by atoms with Gasteiger partial charge in [0, 0.05) is 29.1 Å². The molecule has 0 atom stereocenters. The fourth-order valence-corrected chi connectivity index (χ4v) is 3.73. The second-order valence-corrected chi connectivity index (χ2v) is 7.53. The molecular formula is C18H13Cl2N3O3S. The van der Waals surface area contributed by atoms with Crippen molar-refractivity contribution in [3.8, 4) is 0 Å². The van der Waals surface area contributed by atoms with Crippen LogP contribution in [0.2, 0.25) is 10.0 Å². The molecule has 3 rings (SSSR count). The number of benzene rings is 2. The third-order valence-electron chi connectivity index (χ3n) is 3.74. The molecule has 0 bridgehead atoms. The number of anilines is 1. The lowest BCUT2D eigenvalue weighted by atomic mass is 10.1. The highest BCUT2D eigenvalue weighted by molar-refractivity contribution is 7.15. The Labute approximate surface area is 168 Å². The average Bonchev–Trinajstić information content (AvgIpc) is 3.06. The lowest BCUT2D eigenvalue weighted by molar-refractivity contribution is -0.385. The Bertz CT molecular complexity index is 1010. The summed E-state index contributed by atoms with van der Waals surface area (Å²) in [6.07, 6.45) is 2.09. The van der Waals surface area contributed by atoms with Crippen molar-refractivity contribution in [2.75, 3.05) is 5.32 Å². The number of rotatable bonds is 6. The third kappa shape index (κ3) is 4.82. The monoisotopic (exact) mass is 421 g/mol. The summed E-state index contributed by atoms with van der Waals surface area (Å²) in [5.74, 6) is -0.369. The minimum atomic E-state index is -0.501. The molecule has 0 radical (unpaired) electrons. The van der Waals surface area contributed by atoms with E-state index in [2.05, 4.69) is 10.3 Å². The predicted molar refractivity (Wildman–Crippen MR) is 107 cm³/mol. The maximum atomic E-state index is 12.2. The van der Waals surface area contributed by atoms with Crippen molar-refractivity contribution < 1.29 is 9.72 Å². The molecule has 27 heavy (non-hydrogen) atoms. The average molecular weight is 422 g/mol. The molecule has 3 aromatic rings. The van der Waals surface area contributed by atoms with Crippen molar-refractivity contribution >= 4 is 51.3 Å². The van der Waals surface area contributed by atoms with Gasteiger partial charge in [-0.3, -0.25) is 14.9 Å². The molecule has 0 saturated heterocycles. The molecule has 0 saturated carbocycles. The van der Waals surface area contributed by atoms with Crippen LogP contribution < -0.4 is 5.32 Å². The SMILES string of the molecule is O=C(Cc1ccccc1[N+](=O)[O-])Nc1ncc(Cc2cccc(Cl)c2Cl)s1. The molecule has 0 unspecified atom stereocenters. The first-order valence-electron chi connectivity index (χ1n) is 7.84. The van der Waals surface area contributed by atoms with Gasteiger partial charge in [-0.15, -0.1) is 11.3 Å². The number of carbonyl (C=O) groups excluding carboxylic acids is 1. The van der Waals surface area contributed by atoms with Crippen molar-refractivity contribution in [1.82, 2.24) is 4.98 Å². The number of hydrogen-bond acceptors (Lipinski definition) is 5. The van der Waals surface area contributed by atoms with Crippen LogP contribution in [0.25, 0.3) is 0 Å². The van der Waals surface area contributed by atoms with Crippen molar-refractivity contribution in [2.45, 2.75) is 12.8 Å². The summed E-state index contributed by atoms with van der Waals surface area (Å²) in [5.41, 5.74) is 1.14. The summed E-state index contributed by atoms with van der Waals surface area (Å²) in [6, 6.07) is 11.6. The van der Waals surface area contributed by atoms with Gasteiger partial charge in [0.25, 0.3) is 5.69 Å². The van der Waals surface area contributed by atoms with Crippen LogP contribution >= 0.6 is 34.5 Å². The minimum absolute atomic E-state index is 0.0805. The normalized spacial score (nSPS) is 10.6. The maximum absolute atomic E-state index is 12.2. The van der Waals surface area contributed by atoms with Crippen LogP contribution in [0.5, 0.6) is 0 Å². The molecule has 6 nitrogen and oxygen atoms in total. The first kappa shape index (κ1) is 19.3. The predicted octanol–water partition coefficient (Wildman–Crippen LogP) is 5.13. The number of nitrogens with zero attached hydrogens (tertiary/aromatic N) is 2. The Morgan fingerprint density at radius 3 is 2.67 bits per heavy atom. The third-order valence-corrected chi connectivity index (χ3v) is 5.51. The summed E-state index contributed by atoms with van der Waals surface area (Å²) in [4.78, 5) is 27.8. The van der Waals surface area contributed by atoms with Crippen molar-refractivity contribution in [3.05, 3.63) is 84.8 Å². The Morgan fingerprint density at radius 2 is 1.89 bits per heavy atom. The largest absolute Gasteiger partial charge is 0.302 e. The highest BCUT2D eigenvalue weighted by Gasteiger charge is 2.16. The summed E-state index contributed by atoms with van der Waals surface area (Å²) >= 11 is 13.5. The standard InChI is InChI=1S/C18H13Cl2N3O3S/c19-14-6-3-5-12(17(14)20)8-13-10-21-18(27-13)22-16(24)9-11-4-1-2-7-15(11)23(25)26/h1-7,10H,8-9H2,(H,21,22,24). The van der Waals surface area contributed by atoms with Gasteiger partial charge in [0.2, 0.25) is 5.91 Å². The zero-order valence-corrected chi connectivity index (χ0v) is 16.1. The van der Waals surface area contributed by atoms with Gasteiger partial charge in [-0.2, -0.15) is 0 Å². The van der Waals surface area contributed by atoms with Gasteiger partial charge >= 0.3 is 0 Å². The molecule has 1 amide bonds. The Hall–Kier alpha value is -2.48. The fraction of sp³-hybridized carbons (Fsp3) is 0.111. The van der Waals surface area contributed by atoms with Crippen LogP contribution in [0.1, 0.15) is 16.0 Å². The molecule has 0 aliphatic heterocycles. The van der Waals surface area contributed by atoms with E-state index in [1.54, 1.807) is 30.5 Å². The lowest BCUT2D eigenvalue weighted by Crippen LogP contribution is -2.15. The van der Waals surface area contributed by atoms with Gasteiger partial charge in [0.05, 0.1) is 21.4 Å². The molecular weight excluding hydrogens is 409 g/mol. The van der Waals surface area contributed by atoms with Gasteiger partial charge in [0.1, 0.15) is 0 Å². The number of hydrogen-bond donors (Lipinski definition) is 1. The van der Waals surface area contributed by atoms with Crippen LogP contribution in [0, 0.1) is 10.1 Å². The number of nitrogens with one attached hydrogen (secondary N) is 1. The summed E-state index contributed by atoms with van der Waals surface area (Å²) < 4.78 is 0. The maximum Gasteiger partial charge on any atom is 0.273 e. The Balaban J connectivity index is 1.66. The number of carbonyl (C=O) groups is 1. The fourth-order valence-electron chi connectivity index (χ4n) is 2.49. The smallest absolute Gasteiger partial charge is 0.273 e. The van der Waals surface area contributed by atoms with Crippen LogP contribution in [-0.2, 0) is 17.6 Å². The molecule has 0 spiro atoms. The molecule has 0 fully saturated rings. The number of halogens is 2. The van der Waals surface area contributed by atoms with Crippen LogP contribution in [0.4, 0.5) is 10.8 Å². The molecule has 1 aromatic heterocycles. The van der Waals surface area contributed by atoms with Gasteiger partial charge < -0.3 is 5.32 Å². The molecule has 1 N–H and O–H groups in total. The van der Waals surface area contributed by atoms with E-state index >= 15 is 0 Å². The van der Waals surface area contributed by atoms with E-state index in [9.17, 15) is 14.9 Å². The van der Waals surface area contributed by atoms with E-state index in [1.807, 2.05) is 12.1 Å². The first-order valence-corrected chi connectivity index (χ1v) is 9.41. The number of thiazole rings is 1. The van der Waals surface area contributed by atoms with Crippen LogP contribution in [0.3, 0.4) is 0 Å². The molecule has 2 aromatic carbocycles. The van der Waals surface area contributed by atoms with Crippen molar-refractivity contribution in [1.29, 1.82) is 0 Å². The highest BCUT2D eigenvalue weighted by Crippen LogP contribution is 2.29. The Kier molecular flexibility index (Phi) is 6.05. The van der Waals surface area contributed by atoms with E-state index in [0.717, 1.165) is 10.4 Å². The number of para-hydroxylation sites is 1. The van der Waals surface area contributed by atoms with Crippen molar-refractivity contribution in [3.63, 3.8) is 0 Å². The minimum Gasteiger partial charge on any atom is -0.302 e. The number of nitro benzene ring substituents is 1. The summed E-state index contributed by atoms with van der Waals surface area (Å²) in [7, 11) is 0. The van der Waals surface area contributed by atoms with E-state index in [-0.39, 0.29) is 18.0 Å². The first-order chi connectivity index (χ1) is 12.9. The van der Waals surface area contributed by atoms with E-state index in [1.165, 1.54) is 17.4 Å². The molecule has 138 valence electrons. The Morgan fingerprint density at radius 1 is 1.15 bits per heavy atom. The van der Waals surface area contributed by atoms with Crippen LogP contribution in [0.15, 0.2) is 48.7 Å². The van der Waals surface area contributed by atoms with Crippen molar-refractivity contribution in [2.24, 2.45) is 0 Å². The van der Waals surface area contributed by atoms with E-state index < -0.39 is 4.92 Å². The topological polar surface area (TPSA) is 85.1 Å². The number of aromatic nitrogens is 1. The summed E-state index contributed by atoms with van der Waals surface area (Å²) in [5, 5.41) is 15.1. The van der Waals surface area contributed by atoms with Gasteiger partial charge in [0.15, 0.2) is 5.13 Å². The zero-order chi connectivity index (χ0) is 19.4. The van der Waals surface area contributed by atoms with E-state index in [4.69, 9.17) is 23.2 Å². The van der Waals surface area contributed by atoms with Gasteiger partial charge in [-0.1, -0.05) is 53.5 Å². The second kappa shape index (κ2) is 8.47. The second-order valence-electron chi connectivity index (χ2n) is 5.63. The summed E-state index contributed by atoms with van der Waals surface area (Å²) in [6.45, 7) is 0. The molecule has 0 aliphatic carbocycles. The van der Waals surface area contributed by atoms with Crippen LogP contribution in [-0.4, -0.2) is 15.8 Å². The zero-order valence-electron chi connectivity index (χ0n) is 13.8. The van der Waals surface area contributed by atoms with E-state index in [0.29, 0.717) is 27.2 Å². The molecule has 9 heteroatoms. The highest BCUT2D eigenvalue weighted by atomic mass is 35.5.